The monoisotopic (exact) mass is 448 g/mol. The number of amides is 1. The maximum Gasteiger partial charge on any atom is 0.254 e. The van der Waals surface area contributed by atoms with Crippen molar-refractivity contribution in [3.63, 3.8) is 0 Å². The van der Waals surface area contributed by atoms with Crippen LogP contribution >= 0.6 is 11.6 Å². The van der Waals surface area contributed by atoms with E-state index in [1.165, 1.54) is 0 Å². The van der Waals surface area contributed by atoms with E-state index in [1.54, 1.807) is 19.4 Å². The summed E-state index contributed by atoms with van der Waals surface area (Å²) in [6.07, 6.45) is 1.76. The Morgan fingerprint density at radius 2 is 1.97 bits per heavy atom. The van der Waals surface area contributed by atoms with E-state index in [0.29, 0.717) is 48.3 Å². The van der Waals surface area contributed by atoms with Gasteiger partial charge in [-0.25, -0.2) is 4.98 Å². The Bertz CT molecular complexity index is 1300. The molecule has 3 heterocycles. The predicted octanol–water partition coefficient (Wildman–Crippen LogP) is 4.43. The SMILES string of the molecule is COc1ccc(Cl)cc1-c1[nH]nc2ncc(-c3cccc(C(=O)N4CCOCC4)c3)cc12. The zero-order chi connectivity index (χ0) is 22.1. The van der Waals surface area contributed by atoms with Gasteiger partial charge in [-0.1, -0.05) is 23.7 Å². The number of hydrogen-bond acceptors (Lipinski definition) is 5. The number of benzene rings is 2. The number of carbonyl (C=O) groups is 1. The van der Waals surface area contributed by atoms with Gasteiger partial charge in [-0.15, -0.1) is 0 Å². The Hall–Kier alpha value is -3.42. The van der Waals surface area contributed by atoms with Crippen LogP contribution in [-0.2, 0) is 4.74 Å². The van der Waals surface area contributed by atoms with Gasteiger partial charge in [-0.3, -0.25) is 9.89 Å². The summed E-state index contributed by atoms with van der Waals surface area (Å²) in [5, 5.41) is 8.83. The second-order valence-electron chi connectivity index (χ2n) is 7.52. The van der Waals surface area contributed by atoms with E-state index >= 15 is 0 Å². The van der Waals surface area contributed by atoms with Crippen LogP contribution in [0, 0.1) is 0 Å². The molecule has 0 atom stereocenters. The number of morpholine rings is 1. The van der Waals surface area contributed by atoms with Crippen LogP contribution in [0.25, 0.3) is 33.4 Å². The number of fused-ring (bicyclic) bond motifs is 1. The van der Waals surface area contributed by atoms with Gasteiger partial charge in [0.25, 0.3) is 5.91 Å². The number of carbonyl (C=O) groups excluding carboxylic acids is 1. The lowest BCUT2D eigenvalue weighted by Gasteiger charge is -2.27. The van der Waals surface area contributed by atoms with Crippen molar-refractivity contribution in [1.82, 2.24) is 20.1 Å². The van der Waals surface area contributed by atoms with Gasteiger partial charge in [-0.05, 0) is 42.0 Å². The molecule has 2 aromatic carbocycles. The number of pyridine rings is 1. The van der Waals surface area contributed by atoms with E-state index in [0.717, 1.165) is 27.8 Å². The molecule has 1 fully saturated rings. The third-order valence-electron chi connectivity index (χ3n) is 5.58. The van der Waals surface area contributed by atoms with Gasteiger partial charge < -0.3 is 14.4 Å². The Labute approximate surface area is 189 Å². The molecule has 0 radical (unpaired) electrons. The summed E-state index contributed by atoms with van der Waals surface area (Å²) in [5.41, 5.74) is 4.60. The average Bonchev–Trinajstić information content (AvgIpc) is 3.27. The maximum absolute atomic E-state index is 12.9. The van der Waals surface area contributed by atoms with Crippen LogP contribution in [0.2, 0.25) is 5.02 Å². The lowest BCUT2D eigenvalue weighted by Crippen LogP contribution is -2.40. The van der Waals surface area contributed by atoms with E-state index in [2.05, 4.69) is 15.2 Å². The number of rotatable bonds is 4. The molecule has 0 aliphatic carbocycles. The maximum atomic E-state index is 12.9. The molecule has 1 aliphatic rings. The Kier molecular flexibility index (Phi) is 5.51. The molecular weight excluding hydrogens is 428 g/mol. The highest BCUT2D eigenvalue weighted by atomic mass is 35.5. The molecule has 0 saturated carbocycles. The van der Waals surface area contributed by atoms with Gasteiger partial charge in [-0.2, -0.15) is 5.10 Å². The number of methoxy groups -OCH3 is 1. The molecule has 1 amide bonds. The lowest BCUT2D eigenvalue weighted by atomic mass is 10.0. The zero-order valence-corrected chi connectivity index (χ0v) is 18.2. The van der Waals surface area contributed by atoms with E-state index < -0.39 is 0 Å². The fourth-order valence-electron chi connectivity index (χ4n) is 3.92. The fourth-order valence-corrected chi connectivity index (χ4v) is 4.09. The molecule has 1 N–H and O–H groups in total. The summed E-state index contributed by atoms with van der Waals surface area (Å²) < 4.78 is 10.9. The van der Waals surface area contributed by atoms with E-state index in [1.807, 2.05) is 47.4 Å². The summed E-state index contributed by atoms with van der Waals surface area (Å²) >= 11 is 6.23. The second kappa shape index (κ2) is 8.61. The minimum absolute atomic E-state index is 0.0110. The second-order valence-corrected chi connectivity index (χ2v) is 7.96. The van der Waals surface area contributed by atoms with Gasteiger partial charge in [0.15, 0.2) is 5.65 Å². The quantitative estimate of drug-likeness (QED) is 0.499. The number of halogens is 1. The van der Waals surface area contributed by atoms with Crippen molar-refractivity contribution in [3.8, 4) is 28.1 Å². The Balaban J connectivity index is 1.54. The van der Waals surface area contributed by atoms with Gasteiger partial charge in [0.05, 0.1) is 26.0 Å². The molecule has 0 unspecified atom stereocenters. The van der Waals surface area contributed by atoms with Crippen LogP contribution in [0.1, 0.15) is 10.4 Å². The number of aromatic nitrogens is 3. The first-order chi connectivity index (χ1) is 15.6. The molecule has 32 heavy (non-hydrogen) atoms. The summed E-state index contributed by atoms with van der Waals surface area (Å²) in [5.74, 6) is 0.695. The Morgan fingerprint density at radius 3 is 2.78 bits per heavy atom. The number of nitrogens with zero attached hydrogens (tertiary/aromatic N) is 3. The van der Waals surface area contributed by atoms with Crippen LogP contribution in [0.5, 0.6) is 5.75 Å². The van der Waals surface area contributed by atoms with Gasteiger partial charge in [0.1, 0.15) is 5.75 Å². The molecule has 1 aliphatic heterocycles. The van der Waals surface area contributed by atoms with Crippen LogP contribution in [-0.4, -0.2) is 59.4 Å². The summed E-state index contributed by atoms with van der Waals surface area (Å²) in [6.45, 7) is 2.36. The van der Waals surface area contributed by atoms with Crippen molar-refractivity contribution in [2.24, 2.45) is 0 Å². The van der Waals surface area contributed by atoms with Crippen molar-refractivity contribution in [3.05, 3.63) is 65.3 Å². The number of nitrogens with one attached hydrogen (secondary N) is 1. The molecule has 5 rings (SSSR count). The van der Waals surface area contributed by atoms with Crippen LogP contribution in [0.4, 0.5) is 0 Å². The normalized spacial score (nSPS) is 14.0. The van der Waals surface area contributed by atoms with E-state index in [-0.39, 0.29) is 5.91 Å². The van der Waals surface area contributed by atoms with E-state index in [9.17, 15) is 4.79 Å². The first-order valence-corrected chi connectivity index (χ1v) is 10.7. The number of hydrogen-bond donors (Lipinski definition) is 1. The first kappa shape index (κ1) is 20.5. The zero-order valence-electron chi connectivity index (χ0n) is 17.5. The number of H-pyrrole nitrogens is 1. The predicted molar refractivity (Wildman–Crippen MR) is 123 cm³/mol. The highest BCUT2D eigenvalue weighted by Crippen LogP contribution is 2.36. The Morgan fingerprint density at radius 1 is 1.12 bits per heavy atom. The summed E-state index contributed by atoms with van der Waals surface area (Å²) in [6, 6.07) is 15.1. The van der Waals surface area contributed by atoms with Gasteiger partial charge in [0, 0.05) is 46.4 Å². The standard InChI is InChI=1S/C24H21ClN4O3/c1-31-21-6-5-18(25)13-19(21)22-20-12-17(14-26-23(20)28-27-22)15-3-2-4-16(11-15)24(30)29-7-9-32-10-8-29/h2-6,11-14H,7-10H2,1H3,(H,26,27,28). The van der Waals surface area contributed by atoms with Crippen LogP contribution < -0.4 is 4.74 Å². The van der Waals surface area contributed by atoms with Crippen molar-refractivity contribution < 1.29 is 14.3 Å². The summed E-state index contributed by atoms with van der Waals surface area (Å²) in [7, 11) is 1.62. The van der Waals surface area contributed by atoms with Crippen molar-refractivity contribution >= 4 is 28.5 Å². The topological polar surface area (TPSA) is 80.3 Å². The molecule has 1 saturated heterocycles. The lowest BCUT2D eigenvalue weighted by molar-refractivity contribution is 0.0303. The highest BCUT2D eigenvalue weighted by Gasteiger charge is 2.19. The van der Waals surface area contributed by atoms with Crippen molar-refractivity contribution in [2.45, 2.75) is 0 Å². The molecular formula is C24H21ClN4O3. The minimum atomic E-state index is 0.0110. The van der Waals surface area contributed by atoms with Gasteiger partial charge in [0.2, 0.25) is 0 Å². The van der Waals surface area contributed by atoms with Crippen molar-refractivity contribution in [2.75, 3.05) is 33.4 Å². The van der Waals surface area contributed by atoms with Gasteiger partial charge >= 0.3 is 0 Å². The van der Waals surface area contributed by atoms with Crippen molar-refractivity contribution in [1.29, 1.82) is 0 Å². The molecule has 0 bridgehead atoms. The molecule has 2 aromatic heterocycles. The largest absolute Gasteiger partial charge is 0.496 e. The molecule has 0 spiro atoms. The first-order valence-electron chi connectivity index (χ1n) is 10.3. The highest BCUT2D eigenvalue weighted by molar-refractivity contribution is 6.31. The molecule has 8 heteroatoms. The third-order valence-corrected chi connectivity index (χ3v) is 5.82. The smallest absolute Gasteiger partial charge is 0.254 e. The fraction of sp³-hybridized carbons (Fsp3) is 0.208. The summed E-state index contributed by atoms with van der Waals surface area (Å²) in [4.78, 5) is 19.3. The minimum Gasteiger partial charge on any atom is -0.496 e. The number of aromatic amines is 1. The third kappa shape index (κ3) is 3.81. The van der Waals surface area contributed by atoms with Crippen LogP contribution in [0.3, 0.4) is 0 Å². The molecule has 7 nitrogen and oxygen atoms in total. The van der Waals surface area contributed by atoms with Crippen LogP contribution in [0.15, 0.2) is 54.7 Å². The average molecular weight is 449 g/mol. The van der Waals surface area contributed by atoms with E-state index in [4.69, 9.17) is 21.1 Å². The molecule has 162 valence electrons. The number of ether oxygens (including phenoxy) is 2. The molecule has 4 aromatic rings.